The molecule has 0 radical (unpaired) electrons. The van der Waals surface area contributed by atoms with Crippen molar-refractivity contribution in [3.63, 3.8) is 0 Å². The van der Waals surface area contributed by atoms with Gasteiger partial charge in [-0.2, -0.15) is 0 Å². The molecule has 1 atom stereocenters. The van der Waals surface area contributed by atoms with Crippen LogP contribution in [-0.4, -0.2) is 36.2 Å². The second-order valence-corrected chi connectivity index (χ2v) is 4.73. The van der Waals surface area contributed by atoms with Crippen LogP contribution in [0, 0.1) is 5.82 Å². The first-order valence-corrected chi connectivity index (χ1v) is 6.43. The monoisotopic (exact) mass is 268 g/mol. The van der Waals surface area contributed by atoms with Crippen molar-refractivity contribution in [1.82, 2.24) is 5.32 Å². The van der Waals surface area contributed by atoms with E-state index < -0.39 is 12.0 Å². The lowest BCUT2D eigenvalue weighted by Gasteiger charge is -2.28. The molecule has 0 spiro atoms. The predicted molar refractivity (Wildman–Crippen MR) is 74.0 cm³/mol. The fourth-order valence-electron chi connectivity index (χ4n) is 1.91. The summed E-state index contributed by atoms with van der Waals surface area (Å²) in [6.07, 6.45) is 0. The van der Waals surface area contributed by atoms with Crippen LogP contribution in [0.15, 0.2) is 24.3 Å². The number of nitrogens with zero attached hydrogens (tertiary/aromatic N) is 1. The maximum atomic E-state index is 13.2. The third kappa shape index (κ3) is 4.87. The van der Waals surface area contributed by atoms with Crippen LogP contribution in [-0.2, 0) is 4.79 Å². The number of halogens is 1. The zero-order valence-electron chi connectivity index (χ0n) is 11.6. The smallest absolute Gasteiger partial charge is 0.322 e. The number of benzene rings is 1. The molecule has 0 aliphatic rings. The van der Waals surface area contributed by atoms with Crippen LogP contribution in [0.4, 0.5) is 10.1 Å². The van der Waals surface area contributed by atoms with Crippen LogP contribution in [0.2, 0.25) is 0 Å². The Bertz CT molecular complexity index is 424. The van der Waals surface area contributed by atoms with Gasteiger partial charge in [0.25, 0.3) is 0 Å². The first-order chi connectivity index (χ1) is 8.93. The average molecular weight is 268 g/mol. The molecule has 0 bridgehead atoms. The molecule has 0 heterocycles. The van der Waals surface area contributed by atoms with Crippen molar-refractivity contribution in [2.45, 2.75) is 32.9 Å². The van der Waals surface area contributed by atoms with Crippen LogP contribution < -0.4 is 10.2 Å². The molecular formula is C14H21FN2O2. The highest BCUT2D eigenvalue weighted by atomic mass is 19.1. The summed E-state index contributed by atoms with van der Waals surface area (Å²) in [4.78, 5) is 13.1. The third-order valence-corrected chi connectivity index (χ3v) is 2.79. The van der Waals surface area contributed by atoms with E-state index in [4.69, 9.17) is 0 Å². The molecule has 5 heteroatoms. The van der Waals surface area contributed by atoms with E-state index in [-0.39, 0.29) is 11.9 Å². The first kappa shape index (κ1) is 15.4. The number of aliphatic carboxylic acids is 1. The van der Waals surface area contributed by atoms with Gasteiger partial charge in [0.05, 0.1) is 0 Å². The lowest BCUT2D eigenvalue weighted by Crippen LogP contribution is -2.48. The Hall–Kier alpha value is -1.62. The predicted octanol–water partition coefficient (Wildman–Crippen LogP) is 2.10. The minimum absolute atomic E-state index is 0.0762. The summed E-state index contributed by atoms with van der Waals surface area (Å²) in [6.45, 7) is 6.63. The number of carboxylic acids is 1. The molecule has 1 rings (SSSR count). The topological polar surface area (TPSA) is 52.6 Å². The van der Waals surface area contributed by atoms with Crippen LogP contribution in [0.5, 0.6) is 0 Å². The Morgan fingerprint density at radius 1 is 1.47 bits per heavy atom. The molecule has 0 saturated heterocycles. The highest BCUT2D eigenvalue weighted by Gasteiger charge is 2.21. The zero-order valence-corrected chi connectivity index (χ0v) is 11.6. The maximum absolute atomic E-state index is 13.2. The molecule has 0 fully saturated rings. The number of carboxylic acid groups (broad SMARTS) is 1. The second-order valence-electron chi connectivity index (χ2n) is 4.73. The quantitative estimate of drug-likeness (QED) is 0.795. The molecule has 19 heavy (non-hydrogen) atoms. The largest absolute Gasteiger partial charge is 0.480 e. The summed E-state index contributed by atoms with van der Waals surface area (Å²) in [6, 6.07) is 5.59. The molecule has 1 unspecified atom stereocenters. The van der Waals surface area contributed by atoms with Gasteiger partial charge in [0.15, 0.2) is 0 Å². The summed E-state index contributed by atoms with van der Waals surface area (Å²) in [7, 11) is 0. The second kappa shape index (κ2) is 7.09. The van der Waals surface area contributed by atoms with Gasteiger partial charge >= 0.3 is 5.97 Å². The Labute approximate surface area is 113 Å². The third-order valence-electron chi connectivity index (χ3n) is 2.79. The van der Waals surface area contributed by atoms with Gasteiger partial charge in [0, 0.05) is 24.8 Å². The number of hydrogen-bond donors (Lipinski definition) is 2. The molecule has 0 aliphatic heterocycles. The van der Waals surface area contributed by atoms with E-state index in [1.165, 1.54) is 12.1 Å². The molecule has 106 valence electrons. The molecule has 1 aromatic carbocycles. The van der Waals surface area contributed by atoms with Crippen molar-refractivity contribution in [2.75, 3.05) is 18.0 Å². The summed E-state index contributed by atoms with van der Waals surface area (Å²) in [5.74, 6) is -1.22. The fraction of sp³-hybridized carbons (Fsp3) is 0.500. The van der Waals surface area contributed by atoms with E-state index in [9.17, 15) is 14.3 Å². The van der Waals surface area contributed by atoms with Gasteiger partial charge in [-0.3, -0.25) is 4.79 Å². The van der Waals surface area contributed by atoms with Crippen LogP contribution in [0.25, 0.3) is 0 Å². The molecule has 1 aromatic rings. The molecule has 0 amide bonds. The zero-order chi connectivity index (χ0) is 14.4. The number of carbonyl (C=O) groups is 1. The fourth-order valence-corrected chi connectivity index (χ4v) is 1.91. The van der Waals surface area contributed by atoms with Crippen molar-refractivity contribution >= 4 is 11.7 Å². The molecule has 0 aromatic heterocycles. The lowest BCUT2D eigenvalue weighted by atomic mass is 10.2. The number of hydrogen-bond acceptors (Lipinski definition) is 3. The Kier molecular flexibility index (Phi) is 5.76. The van der Waals surface area contributed by atoms with Crippen LogP contribution >= 0.6 is 0 Å². The van der Waals surface area contributed by atoms with Crippen molar-refractivity contribution in [2.24, 2.45) is 0 Å². The van der Waals surface area contributed by atoms with Gasteiger partial charge in [-0.25, -0.2) is 4.39 Å². The minimum Gasteiger partial charge on any atom is -0.480 e. The van der Waals surface area contributed by atoms with Crippen molar-refractivity contribution in [3.8, 4) is 0 Å². The van der Waals surface area contributed by atoms with E-state index in [1.807, 2.05) is 25.7 Å². The van der Waals surface area contributed by atoms with E-state index >= 15 is 0 Å². The summed E-state index contributed by atoms with van der Waals surface area (Å²) in [5, 5.41) is 12.2. The Morgan fingerprint density at radius 2 is 2.16 bits per heavy atom. The standard InChI is InChI=1S/C14H21FN2O2/c1-4-17(12-7-5-6-11(15)8-12)9-13(14(18)19)16-10(2)3/h5-8,10,13,16H,4,9H2,1-3H3,(H,18,19). The van der Waals surface area contributed by atoms with Gasteiger partial charge in [0.2, 0.25) is 0 Å². The van der Waals surface area contributed by atoms with Gasteiger partial charge in [-0.15, -0.1) is 0 Å². The van der Waals surface area contributed by atoms with Crippen molar-refractivity contribution in [3.05, 3.63) is 30.1 Å². The molecule has 0 aliphatic carbocycles. The van der Waals surface area contributed by atoms with Crippen molar-refractivity contribution in [1.29, 1.82) is 0 Å². The van der Waals surface area contributed by atoms with Crippen LogP contribution in [0.3, 0.4) is 0 Å². The minimum atomic E-state index is -0.899. The number of rotatable bonds is 7. The lowest BCUT2D eigenvalue weighted by molar-refractivity contribution is -0.139. The maximum Gasteiger partial charge on any atom is 0.322 e. The SMILES string of the molecule is CCN(CC(NC(C)C)C(=O)O)c1cccc(F)c1. The van der Waals surface area contributed by atoms with Gasteiger partial charge < -0.3 is 15.3 Å². The van der Waals surface area contributed by atoms with E-state index in [0.29, 0.717) is 18.8 Å². The Morgan fingerprint density at radius 3 is 2.63 bits per heavy atom. The van der Waals surface area contributed by atoms with E-state index in [1.54, 1.807) is 12.1 Å². The molecule has 0 saturated carbocycles. The first-order valence-electron chi connectivity index (χ1n) is 6.43. The van der Waals surface area contributed by atoms with E-state index in [0.717, 1.165) is 0 Å². The average Bonchev–Trinajstić information content (AvgIpc) is 2.33. The number of anilines is 1. The summed E-state index contributed by atoms with van der Waals surface area (Å²) >= 11 is 0. The van der Waals surface area contributed by atoms with Gasteiger partial charge in [0.1, 0.15) is 11.9 Å². The number of likely N-dealkylation sites (N-methyl/N-ethyl adjacent to an activating group) is 1. The van der Waals surface area contributed by atoms with Crippen molar-refractivity contribution < 1.29 is 14.3 Å². The normalized spacial score (nSPS) is 12.5. The summed E-state index contributed by atoms with van der Waals surface area (Å²) in [5.41, 5.74) is 0.694. The highest BCUT2D eigenvalue weighted by Crippen LogP contribution is 2.15. The van der Waals surface area contributed by atoms with Gasteiger partial charge in [-0.05, 0) is 25.1 Å². The number of nitrogens with one attached hydrogen (secondary N) is 1. The molecule has 2 N–H and O–H groups in total. The van der Waals surface area contributed by atoms with Gasteiger partial charge in [-0.1, -0.05) is 19.9 Å². The van der Waals surface area contributed by atoms with E-state index in [2.05, 4.69) is 5.32 Å². The summed E-state index contributed by atoms with van der Waals surface area (Å²) < 4.78 is 13.2. The van der Waals surface area contributed by atoms with Crippen LogP contribution in [0.1, 0.15) is 20.8 Å². The Balaban J connectivity index is 2.82. The molecule has 4 nitrogen and oxygen atoms in total. The molecular weight excluding hydrogens is 247 g/mol. The highest BCUT2D eigenvalue weighted by molar-refractivity contribution is 5.74.